The predicted molar refractivity (Wildman–Crippen MR) is 99.0 cm³/mol. The maximum atomic E-state index is 8.99. The van der Waals surface area contributed by atoms with Crippen LogP contribution in [0.15, 0.2) is 12.2 Å². The summed E-state index contributed by atoms with van der Waals surface area (Å²) >= 11 is 0. The molecule has 2 fully saturated rings. The molecule has 0 aliphatic heterocycles. The lowest BCUT2D eigenvalue weighted by Crippen LogP contribution is -2.17. The van der Waals surface area contributed by atoms with Gasteiger partial charge in [0, 0.05) is 5.92 Å². The highest BCUT2D eigenvalue weighted by Gasteiger charge is 2.24. The largest absolute Gasteiger partial charge is 0.198 e. The van der Waals surface area contributed by atoms with Crippen molar-refractivity contribution in [3.63, 3.8) is 0 Å². The zero-order valence-electron chi connectivity index (χ0n) is 15.3. The van der Waals surface area contributed by atoms with Crippen molar-refractivity contribution in [2.75, 3.05) is 0 Å². The molecule has 1 heteroatoms. The van der Waals surface area contributed by atoms with Gasteiger partial charge in [-0.2, -0.15) is 5.26 Å². The maximum absolute atomic E-state index is 8.99. The first-order chi connectivity index (χ1) is 11.3. The number of unbranched alkanes of at least 4 members (excludes halogenated alkanes) is 1. The van der Waals surface area contributed by atoms with Gasteiger partial charge in [-0.1, -0.05) is 64.0 Å². The summed E-state index contributed by atoms with van der Waals surface area (Å²) in [6, 6.07) is 2.46. The summed E-state index contributed by atoms with van der Waals surface area (Å²) in [7, 11) is 0. The fraction of sp³-hybridized carbons (Fsp3) is 0.864. The number of hydrogen-bond donors (Lipinski definition) is 0. The van der Waals surface area contributed by atoms with Crippen molar-refractivity contribution < 1.29 is 0 Å². The maximum Gasteiger partial charge on any atom is 0.0655 e. The van der Waals surface area contributed by atoms with Gasteiger partial charge in [-0.15, -0.1) is 0 Å². The average Bonchev–Trinajstić information content (AvgIpc) is 2.61. The van der Waals surface area contributed by atoms with E-state index in [0.717, 1.165) is 17.8 Å². The summed E-state index contributed by atoms with van der Waals surface area (Å²) in [5.74, 6) is 3.31. The second kappa shape index (κ2) is 10.9. The van der Waals surface area contributed by atoms with Gasteiger partial charge in [-0.05, 0) is 62.7 Å². The summed E-state index contributed by atoms with van der Waals surface area (Å²) in [5, 5.41) is 8.99. The highest BCUT2D eigenvalue weighted by atomic mass is 14.3. The molecule has 0 unspecified atom stereocenters. The molecule has 0 bridgehead atoms. The van der Waals surface area contributed by atoms with Crippen LogP contribution >= 0.6 is 0 Å². The Balaban J connectivity index is 1.52. The molecule has 23 heavy (non-hydrogen) atoms. The topological polar surface area (TPSA) is 23.8 Å². The lowest BCUT2D eigenvalue weighted by atomic mass is 9.75. The van der Waals surface area contributed by atoms with Gasteiger partial charge in [0.05, 0.1) is 6.07 Å². The van der Waals surface area contributed by atoms with E-state index in [4.69, 9.17) is 5.26 Å². The van der Waals surface area contributed by atoms with Crippen molar-refractivity contribution in [1.29, 1.82) is 5.26 Å². The molecule has 0 aromatic carbocycles. The summed E-state index contributed by atoms with van der Waals surface area (Å²) < 4.78 is 0. The highest BCUT2D eigenvalue weighted by Crippen LogP contribution is 2.37. The Morgan fingerprint density at radius 3 is 1.74 bits per heavy atom. The molecule has 0 N–H and O–H groups in total. The van der Waals surface area contributed by atoms with Crippen molar-refractivity contribution in [1.82, 2.24) is 0 Å². The number of hydrogen-bond acceptors (Lipinski definition) is 1. The SMILES string of the molecule is CCC/C=C/CCC1CCC(CCC2CCC(C#N)CC2)CC1. The second-order valence-corrected chi connectivity index (χ2v) is 8.15. The molecule has 0 saturated heterocycles. The normalized spacial score (nSPS) is 32.0. The fourth-order valence-electron chi connectivity index (χ4n) is 4.59. The van der Waals surface area contributed by atoms with Crippen LogP contribution < -0.4 is 0 Å². The van der Waals surface area contributed by atoms with Gasteiger partial charge >= 0.3 is 0 Å². The Kier molecular flexibility index (Phi) is 8.80. The van der Waals surface area contributed by atoms with Crippen LogP contribution in [0.25, 0.3) is 0 Å². The molecule has 2 aliphatic carbocycles. The van der Waals surface area contributed by atoms with Crippen LogP contribution in [-0.4, -0.2) is 0 Å². The van der Waals surface area contributed by atoms with Gasteiger partial charge in [0.1, 0.15) is 0 Å². The molecule has 0 aromatic rings. The van der Waals surface area contributed by atoms with E-state index < -0.39 is 0 Å². The van der Waals surface area contributed by atoms with E-state index in [0.29, 0.717) is 5.92 Å². The van der Waals surface area contributed by atoms with Crippen molar-refractivity contribution in [2.24, 2.45) is 23.7 Å². The van der Waals surface area contributed by atoms with Crippen LogP contribution in [0.3, 0.4) is 0 Å². The van der Waals surface area contributed by atoms with Crippen LogP contribution in [0.5, 0.6) is 0 Å². The zero-order valence-corrected chi connectivity index (χ0v) is 15.3. The number of allylic oxidation sites excluding steroid dienone is 2. The molecule has 2 saturated carbocycles. The van der Waals surface area contributed by atoms with Gasteiger partial charge in [0.25, 0.3) is 0 Å². The molecule has 0 spiro atoms. The van der Waals surface area contributed by atoms with Gasteiger partial charge in [0.15, 0.2) is 0 Å². The first-order valence-electron chi connectivity index (χ1n) is 10.4. The van der Waals surface area contributed by atoms with Crippen LogP contribution in [-0.2, 0) is 0 Å². The van der Waals surface area contributed by atoms with E-state index in [1.807, 2.05) is 0 Å². The Hall–Kier alpha value is -0.770. The number of nitrogens with zero attached hydrogens (tertiary/aromatic N) is 1. The average molecular weight is 316 g/mol. The van der Waals surface area contributed by atoms with E-state index >= 15 is 0 Å². The summed E-state index contributed by atoms with van der Waals surface area (Å²) in [4.78, 5) is 0. The summed E-state index contributed by atoms with van der Waals surface area (Å²) in [6.45, 7) is 2.25. The first-order valence-corrected chi connectivity index (χ1v) is 10.4. The minimum absolute atomic E-state index is 0.369. The predicted octanol–water partition coefficient (Wildman–Crippen LogP) is 7.04. The molecule has 0 radical (unpaired) electrons. The zero-order chi connectivity index (χ0) is 16.3. The Morgan fingerprint density at radius 2 is 1.22 bits per heavy atom. The lowest BCUT2D eigenvalue weighted by molar-refractivity contribution is 0.223. The fourth-order valence-corrected chi connectivity index (χ4v) is 4.59. The second-order valence-electron chi connectivity index (χ2n) is 8.15. The van der Waals surface area contributed by atoms with E-state index in [1.165, 1.54) is 89.9 Å². The Morgan fingerprint density at radius 1 is 0.739 bits per heavy atom. The molecule has 0 amide bonds. The smallest absolute Gasteiger partial charge is 0.0655 e. The van der Waals surface area contributed by atoms with Crippen LogP contribution in [0.2, 0.25) is 0 Å². The minimum atomic E-state index is 0.369. The molecular weight excluding hydrogens is 278 g/mol. The summed E-state index contributed by atoms with van der Waals surface area (Å²) in [6.07, 6.45) is 23.8. The quantitative estimate of drug-likeness (QED) is 0.441. The van der Waals surface area contributed by atoms with Crippen LogP contribution in [0.1, 0.15) is 96.8 Å². The van der Waals surface area contributed by atoms with E-state index in [1.54, 1.807) is 0 Å². The molecule has 1 nitrogen and oxygen atoms in total. The van der Waals surface area contributed by atoms with E-state index in [-0.39, 0.29) is 0 Å². The van der Waals surface area contributed by atoms with Gasteiger partial charge in [0.2, 0.25) is 0 Å². The van der Waals surface area contributed by atoms with Crippen LogP contribution in [0.4, 0.5) is 0 Å². The van der Waals surface area contributed by atoms with Gasteiger partial charge < -0.3 is 0 Å². The van der Waals surface area contributed by atoms with Crippen LogP contribution in [0, 0.1) is 35.0 Å². The van der Waals surface area contributed by atoms with Crippen molar-refractivity contribution >= 4 is 0 Å². The third-order valence-corrected chi connectivity index (χ3v) is 6.34. The highest BCUT2D eigenvalue weighted by molar-refractivity contribution is 4.87. The van der Waals surface area contributed by atoms with Crippen molar-refractivity contribution in [3.8, 4) is 6.07 Å². The molecule has 2 aliphatic rings. The Labute approximate surface area is 144 Å². The third-order valence-electron chi connectivity index (χ3n) is 6.34. The number of nitriles is 1. The molecule has 2 rings (SSSR count). The molecule has 130 valence electrons. The summed E-state index contributed by atoms with van der Waals surface area (Å²) in [5.41, 5.74) is 0. The molecule has 0 atom stereocenters. The van der Waals surface area contributed by atoms with E-state index in [2.05, 4.69) is 25.1 Å². The third kappa shape index (κ3) is 7.11. The minimum Gasteiger partial charge on any atom is -0.198 e. The number of rotatable bonds is 8. The van der Waals surface area contributed by atoms with Crippen molar-refractivity contribution in [2.45, 2.75) is 96.8 Å². The van der Waals surface area contributed by atoms with E-state index in [9.17, 15) is 0 Å². The first kappa shape index (κ1) is 18.6. The molecule has 0 heterocycles. The van der Waals surface area contributed by atoms with Gasteiger partial charge in [-0.25, -0.2) is 0 Å². The molecule has 0 aromatic heterocycles. The standard InChI is InChI=1S/C22H37N/c1-2-3-4-5-6-7-19-8-10-20(11-9-19)12-13-21-14-16-22(18-23)17-15-21/h4-5,19-22H,2-3,6-17H2,1H3/b5-4+. The Bertz CT molecular complexity index is 362. The van der Waals surface area contributed by atoms with Gasteiger partial charge in [-0.3, -0.25) is 0 Å². The lowest BCUT2D eigenvalue weighted by Gasteiger charge is -2.30. The van der Waals surface area contributed by atoms with Crippen molar-refractivity contribution in [3.05, 3.63) is 12.2 Å². The monoisotopic (exact) mass is 315 g/mol. The molecular formula is C22H37N.